The summed E-state index contributed by atoms with van der Waals surface area (Å²) in [5, 5.41) is 3.76. The average Bonchev–Trinajstić information content (AvgIpc) is 2.71. The highest BCUT2D eigenvalue weighted by Gasteiger charge is 2.13. The maximum absolute atomic E-state index is 13.8. The molecular formula is C19H13BrClFN4O3. The fourth-order valence-corrected chi connectivity index (χ4v) is 2.58. The van der Waals surface area contributed by atoms with E-state index in [2.05, 4.69) is 36.4 Å². The molecule has 0 atom stereocenters. The van der Waals surface area contributed by atoms with Crippen molar-refractivity contribution in [2.45, 2.75) is 0 Å². The van der Waals surface area contributed by atoms with Crippen molar-refractivity contribution in [1.82, 2.24) is 15.4 Å². The van der Waals surface area contributed by atoms with E-state index in [1.807, 2.05) is 0 Å². The molecule has 148 valence electrons. The molecule has 0 spiro atoms. The van der Waals surface area contributed by atoms with E-state index < -0.39 is 5.82 Å². The first-order valence-electron chi connectivity index (χ1n) is 8.09. The summed E-state index contributed by atoms with van der Waals surface area (Å²) >= 11 is 8.99. The molecular weight excluding hydrogens is 467 g/mol. The summed E-state index contributed by atoms with van der Waals surface area (Å²) in [6.45, 7) is 0. The number of carbonyl (C=O) groups is 1. The topological polar surface area (TPSA) is 85.7 Å². The molecule has 1 amide bonds. The van der Waals surface area contributed by atoms with E-state index in [9.17, 15) is 9.18 Å². The summed E-state index contributed by atoms with van der Waals surface area (Å²) in [5.41, 5.74) is 3.45. The first-order valence-corrected chi connectivity index (χ1v) is 9.26. The minimum Gasteiger partial charge on any atom is -0.493 e. The second-order valence-corrected chi connectivity index (χ2v) is 6.76. The second-order valence-electron chi connectivity index (χ2n) is 5.51. The van der Waals surface area contributed by atoms with Crippen molar-refractivity contribution in [1.29, 1.82) is 0 Å². The molecule has 29 heavy (non-hydrogen) atoms. The van der Waals surface area contributed by atoms with Gasteiger partial charge in [-0.2, -0.15) is 14.5 Å². The van der Waals surface area contributed by atoms with Gasteiger partial charge in [0.2, 0.25) is 11.1 Å². The third-order valence-corrected chi connectivity index (χ3v) is 4.27. The number of amides is 1. The van der Waals surface area contributed by atoms with Gasteiger partial charge in [0.25, 0.3) is 11.8 Å². The van der Waals surface area contributed by atoms with Crippen LogP contribution in [0.25, 0.3) is 0 Å². The molecule has 2 aromatic carbocycles. The zero-order chi connectivity index (χ0) is 20.8. The Hall–Kier alpha value is -3.04. The predicted molar refractivity (Wildman–Crippen MR) is 109 cm³/mol. The number of hydrogen-bond donors (Lipinski definition) is 1. The van der Waals surface area contributed by atoms with Crippen LogP contribution in [0, 0.1) is 5.82 Å². The van der Waals surface area contributed by atoms with Crippen LogP contribution in [0.3, 0.4) is 0 Å². The molecule has 0 fully saturated rings. The number of halogens is 3. The molecule has 0 saturated carbocycles. The minimum absolute atomic E-state index is 0.159. The number of hydrogen-bond acceptors (Lipinski definition) is 6. The van der Waals surface area contributed by atoms with Gasteiger partial charge in [-0.3, -0.25) is 4.79 Å². The lowest BCUT2D eigenvalue weighted by atomic mass is 10.2. The van der Waals surface area contributed by atoms with Crippen molar-refractivity contribution in [3.05, 3.63) is 75.4 Å². The van der Waals surface area contributed by atoms with Gasteiger partial charge in [-0.15, -0.1) is 0 Å². The van der Waals surface area contributed by atoms with Gasteiger partial charge >= 0.3 is 0 Å². The molecule has 1 heterocycles. The van der Waals surface area contributed by atoms with Gasteiger partial charge in [0, 0.05) is 10.0 Å². The Morgan fingerprint density at radius 3 is 2.72 bits per heavy atom. The van der Waals surface area contributed by atoms with Gasteiger partial charge in [-0.25, -0.2) is 10.4 Å². The molecule has 7 nitrogen and oxygen atoms in total. The van der Waals surface area contributed by atoms with Crippen LogP contribution >= 0.6 is 27.5 Å². The Morgan fingerprint density at radius 1 is 1.24 bits per heavy atom. The number of nitrogens with one attached hydrogen (secondary N) is 1. The fraction of sp³-hybridized carbons (Fsp3) is 0.0526. The van der Waals surface area contributed by atoms with Crippen LogP contribution in [0.4, 0.5) is 4.39 Å². The molecule has 0 aliphatic carbocycles. The molecule has 3 aromatic rings. The van der Waals surface area contributed by atoms with Gasteiger partial charge in [0.1, 0.15) is 0 Å². The first kappa shape index (κ1) is 20.7. The number of nitrogens with zero attached hydrogens (tertiary/aromatic N) is 3. The van der Waals surface area contributed by atoms with Crippen LogP contribution in [-0.4, -0.2) is 29.2 Å². The maximum atomic E-state index is 13.8. The monoisotopic (exact) mass is 478 g/mol. The Kier molecular flexibility index (Phi) is 6.73. The Morgan fingerprint density at radius 2 is 2.00 bits per heavy atom. The largest absolute Gasteiger partial charge is 0.493 e. The van der Waals surface area contributed by atoms with Crippen LogP contribution in [0.2, 0.25) is 5.28 Å². The number of ether oxygens (including phenoxy) is 2. The van der Waals surface area contributed by atoms with Gasteiger partial charge in [0.15, 0.2) is 11.5 Å². The minimum atomic E-state index is -0.780. The van der Waals surface area contributed by atoms with E-state index in [-0.39, 0.29) is 22.8 Å². The third kappa shape index (κ3) is 5.49. The summed E-state index contributed by atoms with van der Waals surface area (Å²) in [5.74, 6) is -0.964. The first-order chi connectivity index (χ1) is 14.0. The summed E-state index contributed by atoms with van der Waals surface area (Å²) in [4.78, 5) is 19.3. The molecule has 3 rings (SSSR count). The molecule has 1 aromatic heterocycles. The van der Waals surface area contributed by atoms with Crippen molar-refractivity contribution >= 4 is 39.7 Å². The highest BCUT2D eigenvalue weighted by Crippen LogP contribution is 2.32. The molecule has 0 saturated heterocycles. The number of carbonyl (C=O) groups excluding carboxylic acids is 1. The molecule has 0 radical (unpaired) electrons. The zero-order valence-corrected chi connectivity index (χ0v) is 17.2. The molecule has 0 bridgehead atoms. The molecule has 1 N–H and O–H groups in total. The van der Waals surface area contributed by atoms with Crippen molar-refractivity contribution in [2.24, 2.45) is 5.10 Å². The Labute approximate surface area is 178 Å². The van der Waals surface area contributed by atoms with Crippen molar-refractivity contribution < 1.29 is 18.7 Å². The number of rotatable bonds is 6. The smallest absolute Gasteiger partial charge is 0.271 e. The van der Waals surface area contributed by atoms with E-state index in [1.54, 1.807) is 42.5 Å². The van der Waals surface area contributed by atoms with E-state index in [1.165, 1.54) is 13.3 Å². The van der Waals surface area contributed by atoms with Gasteiger partial charge < -0.3 is 9.47 Å². The van der Waals surface area contributed by atoms with Crippen LogP contribution in [0.15, 0.2) is 58.2 Å². The van der Waals surface area contributed by atoms with Crippen molar-refractivity contribution in [2.75, 3.05) is 7.11 Å². The van der Waals surface area contributed by atoms with Gasteiger partial charge in [0.05, 0.1) is 19.5 Å². The van der Waals surface area contributed by atoms with Gasteiger partial charge in [-0.05, 0) is 59.6 Å². The van der Waals surface area contributed by atoms with E-state index >= 15 is 0 Å². The van der Waals surface area contributed by atoms with Crippen LogP contribution < -0.4 is 14.9 Å². The number of hydrazone groups is 1. The summed E-state index contributed by atoms with van der Waals surface area (Å²) in [6.07, 6.45) is 2.31. The van der Waals surface area contributed by atoms with Crippen LogP contribution in [0.5, 0.6) is 17.4 Å². The number of methoxy groups -OCH3 is 1. The summed E-state index contributed by atoms with van der Waals surface area (Å²) in [7, 11) is 1.44. The highest BCUT2D eigenvalue weighted by atomic mass is 79.9. The van der Waals surface area contributed by atoms with Gasteiger partial charge in [-0.1, -0.05) is 15.9 Å². The average molecular weight is 480 g/mol. The fourth-order valence-electron chi connectivity index (χ4n) is 2.19. The second kappa shape index (κ2) is 9.44. The highest BCUT2D eigenvalue weighted by molar-refractivity contribution is 9.10. The predicted octanol–water partition coefficient (Wildman–Crippen LogP) is 4.60. The summed E-state index contributed by atoms with van der Waals surface area (Å²) < 4.78 is 25.4. The van der Waals surface area contributed by atoms with E-state index in [0.29, 0.717) is 16.9 Å². The lowest BCUT2D eigenvalue weighted by Crippen LogP contribution is -2.17. The molecule has 10 heteroatoms. The van der Waals surface area contributed by atoms with Crippen molar-refractivity contribution in [3.63, 3.8) is 0 Å². The lowest BCUT2D eigenvalue weighted by molar-refractivity contribution is 0.0955. The maximum Gasteiger partial charge on any atom is 0.271 e. The summed E-state index contributed by atoms with van der Waals surface area (Å²) in [6, 6.07) is 11.7. The standard InChI is InChI=1S/C19H13BrClFN4O3/c1-28-15-7-2-11(8-16(15)29-18-14(22)10-23-19(21)25-18)9-24-26-17(27)12-3-5-13(20)6-4-12/h2-10H,1H3,(H,26,27)/b24-9-. The SMILES string of the molecule is COc1ccc(/C=N\NC(=O)c2ccc(Br)cc2)cc1Oc1nc(Cl)ncc1F. The van der Waals surface area contributed by atoms with Crippen LogP contribution in [0.1, 0.15) is 15.9 Å². The normalized spacial score (nSPS) is 10.8. The van der Waals surface area contributed by atoms with E-state index in [4.69, 9.17) is 21.1 Å². The zero-order valence-electron chi connectivity index (χ0n) is 14.9. The third-order valence-electron chi connectivity index (χ3n) is 3.56. The van der Waals surface area contributed by atoms with Crippen LogP contribution in [-0.2, 0) is 0 Å². The van der Waals surface area contributed by atoms with Crippen molar-refractivity contribution in [3.8, 4) is 17.4 Å². The molecule has 0 unspecified atom stereocenters. The quantitative estimate of drug-likeness (QED) is 0.317. The number of aromatic nitrogens is 2. The van der Waals surface area contributed by atoms with E-state index in [0.717, 1.165) is 10.7 Å². The molecule has 0 aliphatic heterocycles. The molecule has 0 aliphatic rings. The Bertz CT molecular complexity index is 1060. The Balaban J connectivity index is 1.75. The lowest BCUT2D eigenvalue weighted by Gasteiger charge is -2.10. The number of benzene rings is 2.